The van der Waals surface area contributed by atoms with E-state index >= 15 is 0 Å². The summed E-state index contributed by atoms with van der Waals surface area (Å²) in [6, 6.07) is 41.8. The summed E-state index contributed by atoms with van der Waals surface area (Å²) in [6.07, 6.45) is -0.897. The van der Waals surface area contributed by atoms with Crippen LogP contribution in [0.5, 0.6) is 0 Å². The lowest BCUT2D eigenvalue weighted by Crippen LogP contribution is -2.29. The Morgan fingerprint density at radius 3 is 0.976 bits per heavy atom. The molecule has 0 saturated carbocycles. The molecule has 0 spiro atoms. The molecule has 2 aliphatic heterocycles. The minimum atomic E-state index is -0.448. The molecule has 4 heteroatoms. The Labute approximate surface area is 252 Å². The Hall–Kier alpha value is -3.28. The molecule has 6 rings (SSSR count). The van der Waals surface area contributed by atoms with Crippen molar-refractivity contribution in [2.45, 2.75) is 89.0 Å². The largest absolute Gasteiger partial charge is 0.387 e. The van der Waals surface area contributed by atoms with Crippen LogP contribution in [0, 0.1) is 0 Å². The molecule has 2 aliphatic rings. The van der Waals surface area contributed by atoms with Gasteiger partial charge in [0.1, 0.15) is 0 Å². The maximum absolute atomic E-state index is 10.8. The quantitative estimate of drug-likeness (QED) is 0.235. The van der Waals surface area contributed by atoms with Gasteiger partial charge in [0.2, 0.25) is 0 Å². The van der Waals surface area contributed by atoms with Gasteiger partial charge in [0.05, 0.1) is 36.4 Å². The van der Waals surface area contributed by atoms with Crippen LogP contribution in [0.25, 0.3) is 0 Å². The molecule has 0 aliphatic carbocycles. The molecule has 4 nitrogen and oxygen atoms in total. The predicted octanol–water partition coefficient (Wildman–Crippen LogP) is 7.89. The van der Waals surface area contributed by atoms with Gasteiger partial charge in [-0.05, 0) is 63.8 Å². The molecule has 4 aromatic rings. The average Bonchev–Trinajstić information content (AvgIpc) is 3.91. The number of rotatable bonds is 6. The SMILES string of the molecule is CC(C)(C)N1[C@@H]([C@@H](O)c2ccccc2)[C@H]1c1ccccc1.CC(C)(C)N1[C@@H]([C@@H](O)c2ccccc2)[C@H]1c1ccccc1. The van der Waals surface area contributed by atoms with Crippen LogP contribution in [0.2, 0.25) is 0 Å². The Morgan fingerprint density at radius 2 is 0.714 bits per heavy atom. The molecule has 2 N–H and O–H groups in total. The first-order chi connectivity index (χ1) is 20.0. The Balaban J connectivity index is 0.000000168. The molecular formula is C38H46N2O2. The van der Waals surface area contributed by atoms with Gasteiger partial charge in [-0.15, -0.1) is 0 Å². The molecule has 4 aromatic carbocycles. The molecule has 2 unspecified atom stereocenters. The highest BCUT2D eigenvalue weighted by Gasteiger charge is 2.58. The predicted molar refractivity (Wildman–Crippen MR) is 172 cm³/mol. The number of benzene rings is 4. The standard InChI is InChI=1S/2C19H23NO/c2*1-19(2,3)20-16(14-10-6-4-7-11-14)17(20)18(21)15-12-8-5-9-13-15/h2*4-13,16-18,21H,1-3H3/t2*16-,17-,18+,20?/m11/s1. The number of hydrogen-bond acceptors (Lipinski definition) is 4. The fourth-order valence-corrected chi connectivity index (χ4v) is 6.59. The zero-order chi connectivity index (χ0) is 30.1. The van der Waals surface area contributed by atoms with E-state index in [-0.39, 0.29) is 23.2 Å². The second-order valence-corrected chi connectivity index (χ2v) is 13.6. The summed E-state index contributed by atoms with van der Waals surface area (Å²) < 4.78 is 0. The Morgan fingerprint density at radius 1 is 0.452 bits per heavy atom. The first-order valence-electron chi connectivity index (χ1n) is 15.1. The summed E-state index contributed by atoms with van der Waals surface area (Å²) in [6.45, 7) is 13.3. The summed E-state index contributed by atoms with van der Waals surface area (Å²) in [5, 5.41) is 21.6. The van der Waals surface area contributed by atoms with Crippen LogP contribution < -0.4 is 0 Å². The molecular weight excluding hydrogens is 516 g/mol. The smallest absolute Gasteiger partial charge is 0.0964 e. The summed E-state index contributed by atoms with van der Waals surface area (Å²) >= 11 is 0. The maximum atomic E-state index is 10.8. The Bertz CT molecular complexity index is 1290. The van der Waals surface area contributed by atoms with E-state index in [1.807, 2.05) is 72.8 Å². The van der Waals surface area contributed by atoms with Gasteiger partial charge in [-0.3, -0.25) is 9.80 Å². The zero-order valence-corrected chi connectivity index (χ0v) is 25.8. The lowest BCUT2D eigenvalue weighted by molar-refractivity contribution is 0.137. The van der Waals surface area contributed by atoms with Crippen molar-refractivity contribution in [3.8, 4) is 0 Å². The maximum Gasteiger partial charge on any atom is 0.0964 e. The normalized spacial score (nSPS) is 26.4. The third-order valence-corrected chi connectivity index (χ3v) is 8.47. The fraction of sp³-hybridized carbons (Fsp3) is 0.368. The van der Waals surface area contributed by atoms with Gasteiger partial charge in [-0.25, -0.2) is 0 Å². The minimum absolute atomic E-state index is 0.0426. The summed E-state index contributed by atoms with van der Waals surface area (Å²) in [4.78, 5) is 4.81. The van der Waals surface area contributed by atoms with Crippen LogP contribution in [-0.2, 0) is 0 Å². The van der Waals surface area contributed by atoms with E-state index in [9.17, 15) is 10.2 Å². The molecule has 0 aromatic heterocycles. The van der Waals surface area contributed by atoms with Gasteiger partial charge >= 0.3 is 0 Å². The lowest BCUT2D eigenvalue weighted by atomic mass is 10.0. The van der Waals surface area contributed by atoms with Gasteiger partial charge in [-0.1, -0.05) is 121 Å². The van der Waals surface area contributed by atoms with Crippen molar-refractivity contribution in [3.05, 3.63) is 144 Å². The molecule has 0 amide bonds. The third kappa shape index (κ3) is 6.53. The molecule has 220 valence electrons. The molecule has 2 heterocycles. The molecule has 0 radical (unpaired) electrons. The van der Waals surface area contributed by atoms with E-state index in [0.717, 1.165) is 11.1 Å². The van der Waals surface area contributed by atoms with Gasteiger partial charge in [0, 0.05) is 11.1 Å². The molecule has 2 saturated heterocycles. The molecule has 42 heavy (non-hydrogen) atoms. The van der Waals surface area contributed by atoms with Crippen LogP contribution >= 0.6 is 0 Å². The van der Waals surface area contributed by atoms with Gasteiger partial charge < -0.3 is 10.2 Å². The molecule has 2 fully saturated rings. The van der Waals surface area contributed by atoms with E-state index in [1.165, 1.54) is 11.1 Å². The third-order valence-electron chi connectivity index (χ3n) is 8.47. The van der Waals surface area contributed by atoms with Crippen molar-refractivity contribution in [2.75, 3.05) is 0 Å². The highest BCUT2D eigenvalue weighted by atomic mass is 16.3. The van der Waals surface area contributed by atoms with Crippen molar-refractivity contribution in [1.29, 1.82) is 0 Å². The van der Waals surface area contributed by atoms with Crippen LogP contribution in [0.1, 0.15) is 88.1 Å². The van der Waals surface area contributed by atoms with Crippen LogP contribution in [0.3, 0.4) is 0 Å². The second-order valence-electron chi connectivity index (χ2n) is 13.6. The first-order valence-corrected chi connectivity index (χ1v) is 15.1. The minimum Gasteiger partial charge on any atom is -0.387 e. The van der Waals surface area contributed by atoms with E-state index < -0.39 is 12.2 Å². The first kappa shape index (κ1) is 30.2. The highest BCUT2D eigenvalue weighted by molar-refractivity contribution is 5.34. The monoisotopic (exact) mass is 562 g/mol. The molecule has 0 bridgehead atoms. The Kier molecular flexibility index (Phi) is 8.73. The van der Waals surface area contributed by atoms with Gasteiger partial charge in [-0.2, -0.15) is 0 Å². The zero-order valence-electron chi connectivity index (χ0n) is 25.8. The van der Waals surface area contributed by atoms with Gasteiger partial charge in [0.15, 0.2) is 0 Å². The van der Waals surface area contributed by atoms with E-state index in [0.29, 0.717) is 12.1 Å². The van der Waals surface area contributed by atoms with Crippen molar-refractivity contribution in [1.82, 2.24) is 9.80 Å². The van der Waals surface area contributed by atoms with Gasteiger partial charge in [0.25, 0.3) is 0 Å². The number of aliphatic hydroxyl groups is 2. The number of hydrogen-bond donors (Lipinski definition) is 2. The fourth-order valence-electron chi connectivity index (χ4n) is 6.59. The summed E-state index contributed by atoms with van der Waals surface area (Å²) in [5.41, 5.74) is 4.65. The van der Waals surface area contributed by atoms with E-state index in [4.69, 9.17) is 0 Å². The van der Waals surface area contributed by atoms with Crippen molar-refractivity contribution in [2.24, 2.45) is 0 Å². The van der Waals surface area contributed by atoms with E-state index in [2.05, 4.69) is 99.9 Å². The molecule has 8 atom stereocenters. The van der Waals surface area contributed by atoms with Crippen LogP contribution in [0.15, 0.2) is 121 Å². The topological polar surface area (TPSA) is 46.5 Å². The van der Waals surface area contributed by atoms with Crippen LogP contribution in [0.4, 0.5) is 0 Å². The van der Waals surface area contributed by atoms with Crippen LogP contribution in [-0.4, -0.2) is 43.2 Å². The summed E-state index contributed by atoms with van der Waals surface area (Å²) in [5.74, 6) is 0. The number of aliphatic hydroxyl groups excluding tert-OH is 2. The van der Waals surface area contributed by atoms with Crippen molar-refractivity contribution in [3.63, 3.8) is 0 Å². The lowest BCUT2D eigenvalue weighted by Gasteiger charge is -2.23. The highest BCUT2D eigenvalue weighted by Crippen LogP contribution is 2.54. The van der Waals surface area contributed by atoms with Crippen molar-refractivity contribution < 1.29 is 10.2 Å². The second kappa shape index (κ2) is 12.1. The number of nitrogens with zero attached hydrogens (tertiary/aromatic N) is 2. The summed E-state index contributed by atoms with van der Waals surface area (Å²) in [7, 11) is 0. The average molecular weight is 563 g/mol. The van der Waals surface area contributed by atoms with Crippen molar-refractivity contribution >= 4 is 0 Å². The van der Waals surface area contributed by atoms with E-state index in [1.54, 1.807) is 0 Å².